The smallest absolute Gasteiger partial charge is 0.0682 e. The lowest BCUT2D eigenvalue weighted by atomic mass is 10.3. The Labute approximate surface area is 87.6 Å². The summed E-state index contributed by atoms with van der Waals surface area (Å²) in [5, 5.41) is 8.46. The summed E-state index contributed by atoms with van der Waals surface area (Å²) in [6.45, 7) is 1.58. The second-order valence-corrected chi connectivity index (χ2v) is 3.37. The van der Waals surface area contributed by atoms with E-state index >= 15 is 0 Å². The highest BCUT2D eigenvalue weighted by molar-refractivity contribution is 14.1. The SMILES string of the molecule is COC(CI)CCOCCCO. The third kappa shape index (κ3) is 7.27. The molecule has 1 unspecified atom stereocenters. The van der Waals surface area contributed by atoms with Gasteiger partial charge in [-0.2, -0.15) is 0 Å². The normalized spacial score (nSPS) is 13.2. The van der Waals surface area contributed by atoms with Gasteiger partial charge in [0.2, 0.25) is 0 Å². The number of aliphatic hydroxyl groups is 1. The Bertz CT molecular complexity index is 86.4. The highest BCUT2D eigenvalue weighted by Crippen LogP contribution is 2.01. The lowest BCUT2D eigenvalue weighted by Gasteiger charge is -2.11. The molecule has 0 rings (SSSR count). The molecule has 0 heterocycles. The molecule has 1 N–H and O–H groups in total. The number of rotatable bonds is 8. The Morgan fingerprint density at radius 1 is 1.42 bits per heavy atom. The van der Waals surface area contributed by atoms with Crippen LogP contribution in [0.3, 0.4) is 0 Å². The van der Waals surface area contributed by atoms with Crippen molar-refractivity contribution in [2.75, 3.05) is 31.4 Å². The van der Waals surface area contributed by atoms with Crippen molar-refractivity contribution in [3.05, 3.63) is 0 Å². The summed E-state index contributed by atoms with van der Waals surface area (Å²) in [7, 11) is 1.72. The van der Waals surface area contributed by atoms with E-state index in [0.29, 0.717) is 12.7 Å². The van der Waals surface area contributed by atoms with Gasteiger partial charge in [0.15, 0.2) is 0 Å². The highest BCUT2D eigenvalue weighted by atomic mass is 127. The molecule has 0 amide bonds. The maximum atomic E-state index is 8.46. The zero-order chi connectivity index (χ0) is 9.23. The predicted octanol–water partition coefficient (Wildman–Crippen LogP) is 1.23. The van der Waals surface area contributed by atoms with Crippen molar-refractivity contribution in [3.63, 3.8) is 0 Å². The first-order valence-corrected chi connectivity index (χ1v) is 5.65. The van der Waals surface area contributed by atoms with Gasteiger partial charge in [0.1, 0.15) is 0 Å². The number of hydrogen-bond acceptors (Lipinski definition) is 3. The number of aliphatic hydroxyl groups excluding tert-OH is 1. The van der Waals surface area contributed by atoms with E-state index in [1.807, 2.05) is 0 Å². The van der Waals surface area contributed by atoms with Crippen LogP contribution in [0, 0.1) is 0 Å². The van der Waals surface area contributed by atoms with E-state index in [0.717, 1.165) is 23.9 Å². The van der Waals surface area contributed by atoms with Crippen LogP contribution in [0.5, 0.6) is 0 Å². The third-order valence-electron chi connectivity index (χ3n) is 1.54. The number of hydrogen-bond donors (Lipinski definition) is 1. The summed E-state index contributed by atoms with van der Waals surface area (Å²) in [4.78, 5) is 0. The van der Waals surface area contributed by atoms with Gasteiger partial charge in [0, 0.05) is 31.4 Å². The van der Waals surface area contributed by atoms with E-state index in [4.69, 9.17) is 14.6 Å². The van der Waals surface area contributed by atoms with Crippen LogP contribution < -0.4 is 0 Å². The fraction of sp³-hybridized carbons (Fsp3) is 1.00. The molecule has 1 atom stereocenters. The molecular formula is C8H17IO3. The molecule has 0 fully saturated rings. The van der Waals surface area contributed by atoms with Crippen LogP contribution in [0.2, 0.25) is 0 Å². The Morgan fingerprint density at radius 2 is 2.17 bits per heavy atom. The molecule has 0 aliphatic heterocycles. The molecule has 0 aliphatic carbocycles. The number of methoxy groups -OCH3 is 1. The molecular weight excluding hydrogens is 271 g/mol. The number of alkyl halides is 1. The molecule has 4 heteroatoms. The summed E-state index contributed by atoms with van der Waals surface area (Å²) >= 11 is 2.30. The molecule has 0 bridgehead atoms. The molecule has 3 nitrogen and oxygen atoms in total. The average Bonchev–Trinajstić information content (AvgIpc) is 2.11. The Morgan fingerprint density at radius 3 is 2.67 bits per heavy atom. The monoisotopic (exact) mass is 288 g/mol. The fourth-order valence-corrected chi connectivity index (χ4v) is 1.54. The van der Waals surface area contributed by atoms with Crippen molar-refractivity contribution in [3.8, 4) is 0 Å². The van der Waals surface area contributed by atoms with E-state index in [2.05, 4.69) is 22.6 Å². The van der Waals surface area contributed by atoms with Crippen LogP contribution in [0.15, 0.2) is 0 Å². The topological polar surface area (TPSA) is 38.7 Å². The molecule has 0 aromatic heterocycles. The third-order valence-corrected chi connectivity index (χ3v) is 2.52. The number of ether oxygens (including phenoxy) is 2. The summed E-state index contributed by atoms with van der Waals surface area (Å²) < 4.78 is 11.4. The molecule has 0 spiro atoms. The van der Waals surface area contributed by atoms with Gasteiger partial charge in [-0.1, -0.05) is 22.6 Å². The van der Waals surface area contributed by atoms with Crippen molar-refractivity contribution in [2.45, 2.75) is 18.9 Å². The molecule has 12 heavy (non-hydrogen) atoms. The molecule has 0 radical (unpaired) electrons. The standard InChI is InChI=1S/C8H17IO3/c1-11-8(7-9)3-6-12-5-2-4-10/h8,10H,2-7H2,1H3. The van der Waals surface area contributed by atoms with E-state index < -0.39 is 0 Å². The summed E-state index contributed by atoms with van der Waals surface area (Å²) in [6.07, 6.45) is 1.96. The minimum Gasteiger partial charge on any atom is -0.396 e. The van der Waals surface area contributed by atoms with Gasteiger partial charge < -0.3 is 14.6 Å². The van der Waals surface area contributed by atoms with Gasteiger partial charge in [-0.3, -0.25) is 0 Å². The van der Waals surface area contributed by atoms with Gasteiger partial charge in [-0.25, -0.2) is 0 Å². The second kappa shape index (κ2) is 9.70. The maximum absolute atomic E-state index is 8.46. The molecule has 0 aromatic rings. The zero-order valence-electron chi connectivity index (χ0n) is 7.46. The Hall–Kier alpha value is 0.610. The van der Waals surface area contributed by atoms with Crippen molar-refractivity contribution in [2.24, 2.45) is 0 Å². The summed E-state index contributed by atoms with van der Waals surface area (Å²) in [6, 6.07) is 0. The first-order valence-electron chi connectivity index (χ1n) is 4.12. The zero-order valence-corrected chi connectivity index (χ0v) is 9.62. The molecule has 0 saturated carbocycles. The lowest BCUT2D eigenvalue weighted by Crippen LogP contribution is -2.15. The van der Waals surface area contributed by atoms with Crippen LogP contribution >= 0.6 is 22.6 Å². The lowest BCUT2D eigenvalue weighted by molar-refractivity contribution is 0.0603. The molecule has 0 aliphatic rings. The second-order valence-electron chi connectivity index (χ2n) is 2.49. The summed E-state index contributed by atoms with van der Waals surface area (Å²) in [5.41, 5.74) is 0. The van der Waals surface area contributed by atoms with Crippen LogP contribution in [0.25, 0.3) is 0 Å². The van der Waals surface area contributed by atoms with Crippen LogP contribution in [-0.2, 0) is 9.47 Å². The minimum atomic E-state index is 0.208. The van der Waals surface area contributed by atoms with Gasteiger partial charge in [-0.15, -0.1) is 0 Å². The first-order chi connectivity index (χ1) is 5.85. The van der Waals surface area contributed by atoms with Gasteiger partial charge in [-0.05, 0) is 12.8 Å². The van der Waals surface area contributed by atoms with Crippen LogP contribution in [-0.4, -0.2) is 42.6 Å². The summed E-state index contributed by atoms with van der Waals surface area (Å²) in [5.74, 6) is 0. The predicted molar refractivity (Wildman–Crippen MR) is 56.8 cm³/mol. The van der Waals surface area contributed by atoms with E-state index in [-0.39, 0.29) is 6.61 Å². The Balaban J connectivity index is 3.06. The molecule has 0 aromatic carbocycles. The number of halogens is 1. The van der Waals surface area contributed by atoms with Gasteiger partial charge in [0.25, 0.3) is 0 Å². The van der Waals surface area contributed by atoms with Crippen LogP contribution in [0.4, 0.5) is 0 Å². The minimum absolute atomic E-state index is 0.208. The Kier molecular flexibility index (Phi) is 10.2. The quantitative estimate of drug-likeness (QED) is 0.415. The van der Waals surface area contributed by atoms with E-state index in [1.165, 1.54) is 0 Å². The average molecular weight is 288 g/mol. The first kappa shape index (κ1) is 12.6. The van der Waals surface area contributed by atoms with Crippen molar-refractivity contribution < 1.29 is 14.6 Å². The van der Waals surface area contributed by atoms with E-state index in [9.17, 15) is 0 Å². The van der Waals surface area contributed by atoms with Crippen molar-refractivity contribution >= 4 is 22.6 Å². The van der Waals surface area contributed by atoms with Gasteiger partial charge in [0.05, 0.1) is 6.10 Å². The largest absolute Gasteiger partial charge is 0.396 e. The van der Waals surface area contributed by atoms with Crippen molar-refractivity contribution in [1.29, 1.82) is 0 Å². The highest BCUT2D eigenvalue weighted by Gasteiger charge is 2.03. The maximum Gasteiger partial charge on any atom is 0.0682 e. The fourth-order valence-electron chi connectivity index (χ4n) is 0.741. The van der Waals surface area contributed by atoms with E-state index in [1.54, 1.807) is 7.11 Å². The van der Waals surface area contributed by atoms with Crippen LogP contribution in [0.1, 0.15) is 12.8 Å². The van der Waals surface area contributed by atoms with Gasteiger partial charge >= 0.3 is 0 Å². The molecule has 0 saturated heterocycles. The molecule has 74 valence electrons. The van der Waals surface area contributed by atoms with Crippen molar-refractivity contribution in [1.82, 2.24) is 0 Å².